The molecule has 0 aliphatic rings. The lowest BCUT2D eigenvalue weighted by Gasteiger charge is -2.28. The number of imidazole rings is 1. The van der Waals surface area contributed by atoms with Gasteiger partial charge < -0.3 is 14.6 Å². The van der Waals surface area contributed by atoms with E-state index in [9.17, 15) is 22.0 Å². The normalized spacial score (nSPS) is 12.2. The first kappa shape index (κ1) is 28.2. The van der Waals surface area contributed by atoms with Crippen LogP contribution in [-0.4, -0.2) is 29.6 Å². The first-order valence-corrected chi connectivity index (χ1v) is 14.2. The molecule has 1 heterocycles. The maximum absolute atomic E-state index is 14.3. The van der Waals surface area contributed by atoms with Gasteiger partial charge in [0.15, 0.2) is 32.8 Å². The van der Waals surface area contributed by atoms with Crippen LogP contribution in [0.25, 0.3) is 11.0 Å². The number of halogens is 2. The number of anilines is 1. The molecule has 0 fully saturated rings. The topological polar surface area (TPSA) is 90.3 Å². The third kappa shape index (κ3) is 6.11. The van der Waals surface area contributed by atoms with Gasteiger partial charge in [-0.25, -0.2) is 22.2 Å². The number of carbonyl (C=O) groups excluding carboxylic acids is 1. The van der Waals surface area contributed by atoms with E-state index in [-0.39, 0.29) is 34.8 Å². The van der Waals surface area contributed by atoms with Gasteiger partial charge in [-0.1, -0.05) is 19.1 Å². The summed E-state index contributed by atoms with van der Waals surface area (Å²) < 4.78 is 59.6. The van der Waals surface area contributed by atoms with Gasteiger partial charge in [-0.2, -0.15) is 0 Å². The number of hydrogen-bond donors (Lipinski definition) is 1. The van der Waals surface area contributed by atoms with Crippen LogP contribution in [0, 0.1) is 11.6 Å². The first-order valence-electron chi connectivity index (χ1n) is 12.6. The van der Waals surface area contributed by atoms with Gasteiger partial charge in [0, 0.05) is 17.8 Å². The highest BCUT2D eigenvalue weighted by Gasteiger charge is 2.32. The van der Waals surface area contributed by atoms with Crippen molar-refractivity contribution in [2.24, 2.45) is 0 Å². The maximum atomic E-state index is 14.3. The summed E-state index contributed by atoms with van der Waals surface area (Å²) in [5.41, 5.74) is 1.58. The van der Waals surface area contributed by atoms with E-state index >= 15 is 0 Å². The van der Waals surface area contributed by atoms with E-state index in [4.69, 9.17) is 9.72 Å². The van der Waals surface area contributed by atoms with Crippen molar-refractivity contribution in [3.05, 3.63) is 83.7 Å². The smallest absolute Gasteiger partial charge is 0.228 e. The minimum Gasteiger partial charge on any atom is -0.477 e. The summed E-state index contributed by atoms with van der Waals surface area (Å²) in [5.74, 6) is -1.29. The molecule has 0 bridgehead atoms. The highest BCUT2D eigenvalue weighted by molar-refractivity contribution is 7.91. The van der Waals surface area contributed by atoms with E-state index in [2.05, 4.69) is 5.32 Å². The van der Waals surface area contributed by atoms with Crippen LogP contribution < -0.4 is 10.1 Å². The van der Waals surface area contributed by atoms with Crippen LogP contribution in [0.4, 0.5) is 14.5 Å². The lowest BCUT2D eigenvalue weighted by Crippen LogP contribution is -2.30. The quantitative estimate of drug-likeness (QED) is 0.266. The van der Waals surface area contributed by atoms with Crippen LogP contribution >= 0.6 is 0 Å². The number of fused-ring (bicyclic) bond motifs is 1. The van der Waals surface area contributed by atoms with E-state index in [0.29, 0.717) is 22.6 Å². The molecule has 0 aliphatic carbocycles. The minimum atomic E-state index is -3.30. The predicted octanol–water partition coefficient (Wildman–Crippen LogP) is 6.18. The minimum absolute atomic E-state index is 0.00845. The zero-order valence-electron chi connectivity index (χ0n) is 22.5. The van der Waals surface area contributed by atoms with Crippen molar-refractivity contribution in [1.82, 2.24) is 9.55 Å². The van der Waals surface area contributed by atoms with Crippen molar-refractivity contribution >= 4 is 32.5 Å². The van der Waals surface area contributed by atoms with Crippen molar-refractivity contribution in [2.45, 2.75) is 57.6 Å². The molecule has 7 nitrogen and oxygen atoms in total. The fourth-order valence-electron chi connectivity index (χ4n) is 4.37. The number of ether oxygens (including phenoxy) is 1. The molecule has 1 N–H and O–H groups in total. The van der Waals surface area contributed by atoms with Crippen molar-refractivity contribution < 1.29 is 26.7 Å². The molecule has 1 aromatic heterocycles. The second kappa shape index (κ2) is 10.8. The van der Waals surface area contributed by atoms with E-state index in [1.54, 1.807) is 45.0 Å². The second-order valence-electron chi connectivity index (χ2n) is 10.1. The van der Waals surface area contributed by atoms with Crippen molar-refractivity contribution in [2.75, 3.05) is 11.1 Å². The molecule has 4 aromatic rings. The highest BCUT2D eigenvalue weighted by Crippen LogP contribution is 2.34. The maximum Gasteiger partial charge on any atom is 0.228 e. The summed E-state index contributed by atoms with van der Waals surface area (Å²) in [4.78, 5) is 17.7. The molecule has 4 rings (SSSR count). The van der Waals surface area contributed by atoms with Crippen molar-refractivity contribution in [3.63, 3.8) is 0 Å². The van der Waals surface area contributed by atoms with Crippen LogP contribution in [0.3, 0.4) is 0 Å². The zero-order valence-corrected chi connectivity index (χ0v) is 23.3. The molecular weight excluding hydrogens is 524 g/mol. The average molecular weight is 556 g/mol. The Bertz CT molecular complexity index is 1630. The Morgan fingerprint density at radius 2 is 1.74 bits per heavy atom. The summed E-state index contributed by atoms with van der Waals surface area (Å²) in [7, 11) is -3.30. The molecule has 0 radical (unpaired) electrons. The van der Waals surface area contributed by atoms with Gasteiger partial charge in [0.25, 0.3) is 0 Å². The lowest BCUT2D eigenvalue weighted by atomic mass is 10.1. The molecular formula is C29H31F2N3O4S. The van der Waals surface area contributed by atoms with E-state index in [0.717, 1.165) is 17.6 Å². The predicted molar refractivity (Wildman–Crippen MR) is 147 cm³/mol. The number of amides is 1. The fourth-order valence-corrected chi connectivity index (χ4v) is 5.26. The lowest BCUT2D eigenvalue weighted by molar-refractivity contribution is -0.115. The summed E-state index contributed by atoms with van der Waals surface area (Å²) in [5, 5.41) is 2.87. The Morgan fingerprint density at radius 3 is 2.36 bits per heavy atom. The number of carbonyl (C=O) groups is 1. The molecule has 1 amide bonds. The van der Waals surface area contributed by atoms with Crippen LogP contribution in [0.1, 0.15) is 52.0 Å². The third-order valence-electron chi connectivity index (χ3n) is 6.31. The first-order chi connectivity index (χ1) is 18.3. The zero-order chi connectivity index (χ0) is 28.5. The number of nitrogens with one attached hydrogen (secondary N) is 1. The summed E-state index contributed by atoms with van der Waals surface area (Å²) in [6.45, 7) is 9.09. The Labute approximate surface area is 226 Å². The number of benzene rings is 3. The average Bonchev–Trinajstić information content (AvgIpc) is 3.26. The summed E-state index contributed by atoms with van der Waals surface area (Å²) in [6.07, 6.45) is 0.0697. The monoisotopic (exact) mass is 555 g/mol. The second-order valence-corrected chi connectivity index (χ2v) is 12.3. The standard InChI is InChI=1S/C29H31F2N3O4S/c1-6-39(36,37)22-11-7-19(8-12-22)15-27(35)32-21-10-13-25-24(17-21)33-28(34(25)18(2)3)29(4,5)38-26-14-9-20(30)16-23(26)31/h7-14,16-18H,6,15H2,1-5H3,(H,32,35). The molecule has 0 spiro atoms. The Hall–Kier alpha value is -3.79. The summed E-state index contributed by atoms with van der Waals surface area (Å²) in [6, 6.07) is 14.8. The Balaban J connectivity index is 1.57. The molecule has 0 atom stereocenters. The molecule has 10 heteroatoms. The molecule has 0 aliphatic heterocycles. The van der Waals surface area contributed by atoms with Crippen LogP contribution in [0.2, 0.25) is 0 Å². The van der Waals surface area contributed by atoms with Gasteiger partial charge in [0.05, 0.1) is 28.1 Å². The van der Waals surface area contributed by atoms with Gasteiger partial charge in [-0.15, -0.1) is 0 Å². The van der Waals surface area contributed by atoms with Crippen LogP contribution in [-0.2, 0) is 26.7 Å². The van der Waals surface area contributed by atoms with Gasteiger partial charge in [-0.3, -0.25) is 4.79 Å². The highest BCUT2D eigenvalue weighted by atomic mass is 32.2. The number of aromatic nitrogens is 2. The Kier molecular flexibility index (Phi) is 7.79. The summed E-state index contributed by atoms with van der Waals surface area (Å²) >= 11 is 0. The van der Waals surface area contributed by atoms with Crippen LogP contribution in [0.5, 0.6) is 5.75 Å². The number of hydrogen-bond acceptors (Lipinski definition) is 5. The SMILES string of the molecule is CCS(=O)(=O)c1ccc(CC(=O)Nc2ccc3c(c2)nc(C(C)(C)Oc2ccc(F)cc2F)n3C(C)C)cc1. The van der Waals surface area contributed by atoms with Crippen LogP contribution in [0.15, 0.2) is 65.6 Å². The number of rotatable bonds is 9. The van der Waals surface area contributed by atoms with Crippen molar-refractivity contribution in [3.8, 4) is 5.75 Å². The fraction of sp³-hybridized carbons (Fsp3) is 0.310. The van der Waals surface area contributed by atoms with Gasteiger partial charge >= 0.3 is 0 Å². The molecule has 0 saturated carbocycles. The Morgan fingerprint density at radius 1 is 1.05 bits per heavy atom. The van der Waals surface area contributed by atoms with Gasteiger partial charge in [0.2, 0.25) is 5.91 Å². The number of nitrogens with zero attached hydrogens (tertiary/aromatic N) is 2. The van der Waals surface area contributed by atoms with E-state index in [1.807, 2.05) is 24.5 Å². The number of sulfone groups is 1. The van der Waals surface area contributed by atoms with Crippen molar-refractivity contribution in [1.29, 1.82) is 0 Å². The molecule has 39 heavy (non-hydrogen) atoms. The molecule has 0 saturated heterocycles. The molecule has 0 unspecified atom stereocenters. The molecule has 3 aromatic carbocycles. The van der Waals surface area contributed by atoms with E-state index in [1.165, 1.54) is 18.2 Å². The van der Waals surface area contributed by atoms with E-state index < -0.39 is 27.1 Å². The third-order valence-corrected chi connectivity index (χ3v) is 8.06. The van der Waals surface area contributed by atoms with Gasteiger partial charge in [0.1, 0.15) is 5.82 Å². The van der Waals surface area contributed by atoms with Gasteiger partial charge in [-0.05, 0) is 75.7 Å². The molecule has 206 valence electrons. The largest absolute Gasteiger partial charge is 0.477 e.